The minimum Gasteiger partial charge on any atom is -0.258 e. The predicted octanol–water partition coefficient (Wildman–Crippen LogP) is 3.50. The van der Waals surface area contributed by atoms with Gasteiger partial charge in [0.25, 0.3) is 0 Å². The Morgan fingerprint density at radius 3 is 2.88 bits per heavy atom. The summed E-state index contributed by atoms with van der Waals surface area (Å²) in [6, 6.07) is 1.73. The van der Waals surface area contributed by atoms with E-state index >= 15 is 0 Å². The number of nitro groups is 1. The van der Waals surface area contributed by atoms with E-state index in [2.05, 4.69) is 11.4 Å². The van der Waals surface area contributed by atoms with Crippen molar-refractivity contribution < 1.29 is 4.92 Å². The molecular weight excluding hydrogens is 228 g/mol. The molecule has 0 atom stereocenters. The van der Waals surface area contributed by atoms with Crippen molar-refractivity contribution in [3.8, 4) is 0 Å². The molecule has 0 bridgehead atoms. The summed E-state index contributed by atoms with van der Waals surface area (Å²) in [5.74, 6) is 0. The summed E-state index contributed by atoms with van der Waals surface area (Å²) in [6.07, 6.45) is 4.50. The van der Waals surface area contributed by atoms with Crippen molar-refractivity contribution in [2.75, 3.05) is 0 Å². The van der Waals surface area contributed by atoms with Crippen LogP contribution in [0.2, 0.25) is 5.15 Å². The van der Waals surface area contributed by atoms with Crippen LogP contribution in [0.5, 0.6) is 0 Å². The van der Waals surface area contributed by atoms with E-state index in [1.807, 2.05) is 6.92 Å². The van der Waals surface area contributed by atoms with Crippen molar-refractivity contribution in [1.82, 2.24) is 4.98 Å². The van der Waals surface area contributed by atoms with Crippen LogP contribution in [0.3, 0.4) is 0 Å². The molecule has 1 radical (unpaired) electrons. The van der Waals surface area contributed by atoms with Crippen molar-refractivity contribution in [2.45, 2.75) is 33.1 Å². The van der Waals surface area contributed by atoms with Gasteiger partial charge in [-0.2, -0.15) is 0 Å². The predicted molar refractivity (Wildman–Crippen MR) is 63.6 cm³/mol. The van der Waals surface area contributed by atoms with Gasteiger partial charge in [-0.25, -0.2) is 4.98 Å². The maximum Gasteiger partial charge on any atom is 0.309 e. The summed E-state index contributed by atoms with van der Waals surface area (Å²) >= 11 is 5.78. The normalized spacial score (nSPS) is 10.4. The van der Waals surface area contributed by atoms with Gasteiger partial charge in [-0.1, -0.05) is 24.9 Å². The van der Waals surface area contributed by atoms with Crippen LogP contribution in [0.4, 0.5) is 5.69 Å². The Morgan fingerprint density at radius 1 is 1.62 bits per heavy atom. The van der Waals surface area contributed by atoms with Gasteiger partial charge >= 0.3 is 5.69 Å². The van der Waals surface area contributed by atoms with Gasteiger partial charge in [0.15, 0.2) is 0 Å². The first kappa shape index (κ1) is 12.9. The molecule has 87 valence electrons. The third-order valence-corrected chi connectivity index (χ3v) is 2.51. The van der Waals surface area contributed by atoms with Crippen LogP contribution in [0.25, 0.3) is 0 Å². The Bertz CT molecular complexity index is 394. The average Bonchev–Trinajstić information content (AvgIpc) is 2.16. The molecule has 1 heterocycles. The minimum atomic E-state index is -0.462. The fourth-order valence-electron chi connectivity index (χ4n) is 1.54. The standard InChI is InChI=1S/C11H14ClN2O2/c1-3-4-5-6-9-7-8(2)13-11(12)10(9)14(15)16/h4,7H,3,5-6H2,1-2H3. The fraction of sp³-hybridized carbons (Fsp3) is 0.455. The van der Waals surface area contributed by atoms with Gasteiger partial charge in [0.1, 0.15) is 0 Å². The van der Waals surface area contributed by atoms with Crippen molar-refractivity contribution in [3.63, 3.8) is 0 Å². The van der Waals surface area contributed by atoms with Gasteiger partial charge in [-0.05, 0) is 32.3 Å². The van der Waals surface area contributed by atoms with E-state index in [0.29, 0.717) is 17.7 Å². The minimum absolute atomic E-state index is 0.0171. The third kappa shape index (κ3) is 3.17. The van der Waals surface area contributed by atoms with Crippen LogP contribution in [0.1, 0.15) is 31.0 Å². The van der Waals surface area contributed by atoms with E-state index in [1.54, 1.807) is 13.0 Å². The lowest BCUT2D eigenvalue weighted by molar-refractivity contribution is -0.385. The molecule has 0 N–H and O–H groups in total. The number of nitrogens with zero attached hydrogens (tertiary/aromatic N) is 2. The van der Waals surface area contributed by atoms with E-state index in [4.69, 9.17) is 11.6 Å². The molecule has 1 rings (SSSR count). The van der Waals surface area contributed by atoms with Crippen molar-refractivity contribution in [1.29, 1.82) is 0 Å². The lowest BCUT2D eigenvalue weighted by atomic mass is 10.1. The molecule has 16 heavy (non-hydrogen) atoms. The lowest BCUT2D eigenvalue weighted by Gasteiger charge is -2.05. The zero-order valence-electron chi connectivity index (χ0n) is 9.36. The molecule has 0 saturated carbocycles. The molecule has 0 saturated heterocycles. The molecular formula is C11H14ClN2O2. The second-order valence-electron chi connectivity index (χ2n) is 3.55. The number of aryl methyl sites for hydroxylation is 2. The monoisotopic (exact) mass is 241 g/mol. The highest BCUT2D eigenvalue weighted by molar-refractivity contribution is 6.31. The molecule has 0 aliphatic heterocycles. The molecule has 0 aliphatic rings. The van der Waals surface area contributed by atoms with Crippen molar-refractivity contribution in [2.24, 2.45) is 0 Å². The van der Waals surface area contributed by atoms with E-state index in [0.717, 1.165) is 12.8 Å². The molecule has 0 unspecified atom stereocenters. The average molecular weight is 242 g/mol. The maximum absolute atomic E-state index is 10.9. The van der Waals surface area contributed by atoms with Crippen LogP contribution in [-0.2, 0) is 6.42 Å². The number of hydrogen-bond acceptors (Lipinski definition) is 3. The summed E-state index contributed by atoms with van der Waals surface area (Å²) in [6.45, 7) is 3.82. The first-order valence-electron chi connectivity index (χ1n) is 5.18. The summed E-state index contributed by atoms with van der Waals surface area (Å²) in [5, 5.41) is 10.8. The second kappa shape index (κ2) is 5.80. The lowest BCUT2D eigenvalue weighted by Crippen LogP contribution is -2.00. The molecule has 0 fully saturated rings. The quantitative estimate of drug-likeness (QED) is 0.343. The Balaban J connectivity index is 2.99. The third-order valence-electron chi connectivity index (χ3n) is 2.25. The number of unbranched alkanes of at least 4 members (excludes halogenated alkanes) is 2. The van der Waals surface area contributed by atoms with Gasteiger partial charge in [-0.3, -0.25) is 10.1 Å². The fourth-order valence-corrected chi connectivity index (χ4v) is 1.86. The number of halogens is 1. The first-order valence-corrected chi connectivity index (χ1v) is 5.56. The van der Waals surface area contributed by atoms with Crippen molar-refractivity contribution in [3.05, 3.63) is 39.0 Å². The van der Waals surface area contributed by atoms with Crippen LogP contribution >= 0.6 is 11.6 Å². The summed E-state index contributed by atoms with van der Waals surface area (Å²) in [7, 11) is 0. The molecule has 4 nitrogen and oxygen atoms in total. The van der Waals surface area contributed by atoms with Crippen LogP contribution < -0.4 is 0 Å². The van der Waals surface area contributed by atoms with Gasteiger partial charge in [-0.15, -0.1) is 0 Å². The maximum atomic E-state index is 10.9. The Morgan fingerprint density at radius 2 is 2.31 bits per heavy atom. The summed E-state index contributed by atoms with van der Waals surface area (Å²) in [4.78, 5) is 14.3. The van der Waals surface area contributed by atoms with E-state index in [1.165, 1.54) is 0 Å². The summed E-state index contributed by atoms with van der Waals surface area (Å²) < 4.78 is 0. The number of aromatic nitrogens is 1. The van der Waals surface area contributed by atoms with E-state index in [-0.39, 0.29) is 10.8 Å². The number of rotatable bonds is 5. The van der Waals surface area contributed by atoms with Gasteiger partial charge in [0, 0.05) is 11.3 Å². The number of pyridine rings is 1. The molecule has 1 aromatic heterocycles. The first-order chi connectivity index (χ1) is 7.56. The highest BCUT2D eigenvalue weighted by Gasteiger charge is 2.20. The van der Waals surface area contributed by atoms with E-state index in [9.17, 15) is 10.1 Å². The molecule has 0 aromatic carbocycles. The van der Waals surface area contributed by atoms with Gasteiger partial charge in [0.2, 0.25) is 5.15 Å². The van der Waals surface area contributed by atoms with Crippen LogP contribution in [0.15, 0.2) is 6.07 Å². The molecule has 0 amide bonds. The van der Waals surface area contributed by atoms with E-state index < -0.39 is 4.92 Å². The smallest absolute Gasteiger partial charge is 0.258 e. The highest BCUT2D eigenvalue weighted by atomic mass is 35.5. The van der Waals surface area contributed by atoms with Gasteiger partial charge < -0.3 is 0 Å². The Kier molecular flexibility index (Phi) is 4.68. The zero-order chi connectivity index (χ0) is 12.1. The SMILES string of the molecule is CC[CH]CCc1cc(C)nc(Cl)c1[N+](=O)[O-]. The molecule has 1 aromatic rings. The Hall–Kier alpha value is -1.16. The molecule has 5 heteroatoms. The number of hydrogen-bond donors (Lipinski definition) is 0. The highest BCUT2D eigenvalue weighted by Crippen LogP contribution is 2.28. The molecule has 0 aliphatic carbocycles. The summed E-state index contributed by atoms with van der Waals surface area (Å²) in [5.41, 5.74) is 1.31. The topological polar surface area (TPSA) is 56.0 Å². The Labute approximate surface area is 99.8 Å². The van der Waals surface area contributed by atoms with Crippen molar-refractivity contribution >= 4 is 17.3 Å². The zero-order valence-corrected chi connectivity index (χ0v) is 10.1. The largest absolute Gasteiger partial charge is 0.309 e. The van der Waals surface area contributed by atoms with Gasteiger partial charge in [0.05, 0.1) is 4.92 Å². The van der Waals surface area contributed by atoms with Crippen LogP contribution in [-0.4, -0.2) is 9.91 Å². The van der Waals surface area contributed by atoms with Crippen LogP contribution in [0, 0.1) is 23.5 Å². The second-order valence-corrected chi connectivity index (χ2v) is 3.91. The molecule has 0 spiro atoms.